The fourth-order valence-corrected chi connectivity index (χ4v) is 1.18. The molecule has 6 nitrogen and oxygen atoms in total. The number of rotatable bonds is 5. The van der Waals surface area contributed by atoms with Gasteiger partial charge in [-0.3, -0.25) is 0 Å². The van der Waals surface area contributed by atoms with Gasteiger partial charge in [0.1, 0.15) is 38.6 Å². The molecule has 0 aromatic rings. The van der Waals surface area contributed by atoms with Crippen LogP contribution >= 0.6 is 7.81 Å². The summed E-state index contributed by atoms with van der Waals surface area (Å²) in [5, 5.41) is 8.86. The van der Waals surface area contributed by atoms with Crippen LogP contribution in [0.4, 0.5) is 25.2 Å². The van der Waals surface area contributed by atoms with E-state index >= 15 is 0 Å². The second kappa shape index (κ2) is 13.4. The Hall–Kier alpha value is -0.780. The van der Waals surface area contributed by atoms with Crippen molar-refractivity contribution in [3.63, 3.8) is 0 Å². The SMILES string of the molecule is CC=[N+](CC)CC.CC=[N+](CC)CC.CS(=O)(=O)O[O-].F[P-](F)(F)(F)(F)F. The molecule has 0 bridgehead atoms. The first-order valence-electron chi connectivity index (χ1n) is 7.85. The summed E-state index contributed by atoms with van der Waals surface area (Å²) in [6.07, 6.45) is 4.90. The standard InChI is InChI=1S/2C6H14N.CH4O4S.F6P/c2*1-4-7(5-2)6-3;1-6(3,4)5-2;1-7(2,3,4,5)6/h2*4H,5-6H2,1-3H3;2H,1H3;/q2*+1;;-1/p-1. The van der Waals surface area contributed by atoms with Gasteiger partial charge in [0.15, 0.2) is 0 Å². The topological polar surface area (TPSA) is 72.5 Å². The van der Waals surface area contributed by atoms with Gasteiger partial charge in [-0.25, -0.2) is 17.6 Å². The Kier molecular flexibility index (Phi) is 16.8. The molecule has 0 spiro atoms. The normalized spacial score (nSPS) is 13.0. The summed E-state index contributed by atoms with van der Waals surface area (Å²) < 4.78 is 85.3. The summed E-state index contributed by atoms with van der Waals surface area (Å²) in [5.74, 6) is 0. The van der Waals surface area contributed by atoms with E-state index in [0.717, 1.165) is 26.2 Å². The van der Waals surface area contributed by atoms with E-state index in [1.165, 1.54) is 0 Å². The predicted molar refractivity (Wildman–Crippen MR) is 95.7 cm³/mol. The zero-order valence-electron chi connectivity index (χ0n) is 16.6. The van der Waals surface area contributed by atoms with Crippen LogP contribution < -0.4 is 5.26 Å². The Morgan fingerprint density at radius 2 is 0.963 bits per heavy atom. The summed E-state index contributed by atoms with van der Waals surface area (Å²) in [6.45, 7) is 17.3. The zero-order valence-corrected chi connectivity index (χ0v) is 18.3. The van der Waals surface area contributed by atoms with Gasteiger partial charge in [0.2, 0.25) is 0 Å². The molecule has 0 saturated heterocycles. The van der Waals surface area contributed by atoms with Gasteiger partial charge in [0.05, 0.1) is 6.26 Å². The van der Waals surface area contributed by atoms with E-state index in [4.69, 9.17) is 5.26 Å². The second-order valence-corrected chi connectivity index (χ2v) is 8.15. The number of halogens is 6. The second-order valence-electron chi connectivity index (χ2n) is 4.69. The summed E-state index contributed by atoms with van der Waals surface area (Å²) in [6, 6.07) is 0. The molecular weight excluding hydrogens is 425 g/mol. The fourth-order valence-electron chi connectivity index (χ4n) is 1.18. The molecule has 0 amide bonds. The Morgan fingerprint density at radius 1 is 0.815 bits per heavy atom. The third-order valence-electron chi connectivity index (χ3n) is 2.48. The molecule has 0 atom stereocenters. The third kappa shape index (κ3) is 67.2. The maximum absolute atomic E-state index is 10.7. The van der Waals surface area contributed by atoms with Crippen LogP contribution in [0.1, 0.15) is 41.5 Å². The van der Waals surface area contributed by atoms with Crippen molar-refractivity contribution in [2.45, 2.75) is 41.5 Å². The van der Waals surface area contributed by atoms with Crippen LogP contribution in [0, 0.1) is 0 Å². The Morgan fingerprint density at radius 3 is 0.963 bits per heavy atom. The van der Waals surface area contributed by atoms with Crippen molar-refractivity contribution in [3.05, 3.63) is 0 Å². The molecule has 27 heavy (non-hydrogen) atoms. The Bertz CT molecular complexity index is 505. The molecule has 0 unspecified atom stereocenters. The van der Waals surface area contributed by atoms with Gasteiger partial charge in [-0.1, -0.05) is 0 Å². The van der Waals surface area contributed by atoms with Gasteiger partial charge in [-0.2, -0.15) is 0 Å². The fraction of sp³-hybridized carbons (Fsp3) is 0.846. The molecule has 14 heteroatoms. The molecule has 0 rings (SSSR count). The van der Waals surface area contributed by atoms with E-state index in [-0.39, 0.29) is 0 Å². The van der Waals surface area contributed by atoms with Gasteiger partial charge < -0.3 is 9.59 Å². The molecule has 0 N–H and O–H groups in total. The van der Waals surface area contributed by atoms with Crippen molar-refractivity contribution in [1.82, 2.24) is 0 Å². The van der Waals surface area contributed by atoms with Gasteiger partial charge in [-0.05, 0) is 27.7 Å². The average molecular weight is 456 g/mol. The first kappa shape index (κ1) is 33.8. The summed E-state index contributed by atoms with van der Waals surface area (Å²) >= 11 is 0. The monoisotopic (exact) mass is 456 g/mol. The van der Waals surface area contributed by atoms with Gasteiger partial charge in [0, 0.05) is 13.8 Å². The van der Waals surface area contributed by atoms with Crippen LogP contribution in [0.15, 0.2) is 0 Å². The van der Waals surface area contributed by atoms with Gasteiger partial charge >= 0.3 is 33.0 Å². The van der Waals surface area contributed by atoms with Crippen LogP contribution in [-0.4, -0.2) is 62.4 Å². The van der Waals surface area contributed by atoms with Gasteiger partial charge in [-0.15, -0.1) is 0 Å². The van der Waals surface area contributed by atoms with Gasteiger partial charge in [0.25, 0.3) is 10.1 Å². The molecule has 0 fully saturated rings. The molecule has 0 radical (unpaired) electrons. The Balaban J connectivity index is -0.000000131. The molecule has 0 heterocycles. The molecule has 0 aliphatic carbocycles. The van der Waals surface area contributed by atoms with Crippen LogP contribution in [0.25, 0.3) is 0 Å². The van der Waals surface area contributed by atoms with Crippen LogP contribution in [0.2, 0.25) is 0 Å². The van der Waals surface area contributed by atoms with E-state index in [1.54, 1.807) is 0 Å². The maximum atomic E-state index is 9.87. The molecule has 0 aliphatic rings. The van der Waals surface area contributed by atoms with Crippen molar-refractivity contribution < 1.29 is 52.3 Å². The molecule has 170 valence electrons. The van der Waals surface area contributed by atoms with Crippen molar-refractivity contribution >= 4 is 30.4 Å². The number of hydrogen-bond donors (Lipinski definition) is 0. The Labute approximate surface area is 157 Å². The molecule has 0 aliphatic heterocycles. The molecular formula is C13H31F6N2O4PS. The first-order valence-corrected chi connectivity index (χ1v) is 11.7. The van der Waals surface area contributed by atoms with E-state index in [2.05, 4.69) is 67.5 Å². The predicted octanol–water partition coefficient (Wildman–Crippen LogP) is 3.88. The summed E-state index contributed by atoms with van der Waals surface area (Å²) in [7, 11) is -14.4. The van der Waals surface area contributed by atoms with E-state index < -0.39 is 17.9 Å². The number of nitrogens with zero attached hydrogens (tertiary/aromatic N) is 2. The van der Waals surface area contributed by atoms with E-state index in [1.807, 2.05) is 0 Å². The third-order valence-corrected chi connectivity index (χ3v) is 2.73. The van der Waals surface area contributed by atoms with Crippen molar-refractivity contribution in [1.29, 1.82) is 0 Å². The van der Waals surface area contributed by atoms with Crippen LogP contribution in [-0.2, 0) is 14.5 Å². The van der Waals surface area contributed by atoms with Crippen molar-refractivity contribution in [2.75, 3.05) is 32.4 Å². The average Bonchev–Trinajstić information content (AvgIpc) is 2.48. The molecule has 0 saturated carbocycles. The minimum absolute atomic E-state index is 0.681. The van der Waals surface area contributed by atoms with Crippen molar-refractivity contribution in [3.8, 4) is 0 Å². The molecule has 0 aromatic heterocycles. The quantitative estimate of drug-likeness (QED) is 0.157. The number of hydrogen-bond acceptors (Lipinski definition) is 4. The van der Waals surface area contributed by atoms with E-state index in [0.29, 0.717) is 6.26 Å². The minimum atomic E-state index is -10.7. The zero-order chi connectivity index (χ0) is 23.0. The van der Waals surface area contributed by atoms with Crippen LogP contribution in [0.3, 0.4) is 0 Å². The summed E-state index contributed by atoms with van der Waals surface area (Å²) in [4.78, 5) is 0. The summed E-state index contributed by atoms with van der Waals surface area (Å²) in [5.41, 5.74) is 0. The molecule has 0 aromatic carbocycles. The van der Waals surface area contributed by atoms with E-state index in [9.17, 15) is 33.6 Å². The van der Waals surface area contributed by atoms with Crippen LogP contribution in [0.5, 0.6) is 0 Å². The van der Waals surface area contributed by atoms with Crippen molar-refractivity contribution in [2.24, 2.45) is 0 Å². The first-order chi connectivity index (χ1) is 11.7.